The zero-order valence-corrected chi connectivity index (χ0v) is 8.40. The van der Waals surface area contributed by atoms with Crippen molar-refractivity contribution in [2.75, 3.05) is 5.73 Å². The Kier molecular flexibility index (Phi) is 2.59. The average molecular weight is 221 g/mol. The van der Waals surface area contributed by atoms with Gasteiger partial charge in [0, 0.05) is 0 Å². The van der Waals surface area contributed by atoms with E-state index in [-0.39, 0.29) is 10.7 Å². The van der Waals surface area contributed by atoms with Crippen LogP contribution in [0.15, 0.2) is 30.3 Å². The maximum Gasteiger partial charge on any atom is 0.359 e. The smallest absolute Gasteiger partial charge is 0.359 e. The summed E-state index contributed by atoms with van der Waals surface area (Å²) in [6.45, 7) is 0. The van der Waals surface area contributed by atoms with Gasteiger partial charge in [-0.2, -0.15) is 0 Å². The molecule has 0 fully saturated rings. The number of para-hydroxylation sites is 1. The van der Waals surface area contributed by atoms with Gasteiger partial charge in [0.15, 0.2) is 10.7 Å². The van der Waals surface area contributed by atoms with E-state index in [4.69, 9.17) is 10.5 Å². The summed E-state index contributed by atoms with van der Waals surface area (Å²) in [6.07, 6.45) is 0. The molecule has 2 N–H and O–H groups in total. The minimum Gasteiger partial charge on any atom is -0.422 e. The number of nitrogens with zero attached hydrogens (tertiary/aromatic N) is 2. The van der Waals surface area contributed by atoms with Crippen molar-refractivity contribution in [1.82, 2.24) is 9.59 Å². The van der Waals surface area contributed by atoms with Crippen molar-refractivity contribution < 1.29 is 9.53 Å². The Balaban J connectivity index is 2.15. The normalized spacial score (nSPS) is 9.87. The van der Waals surface area contributed by atoms with Crippen LogP contribution in [0.2, 0.25) is 0 Å². The van der Waals surface area contributed by atoms with Gasteiger partial charge < -0.3 is 10.5 Å². The molecule has 0 spiro atoms. The number of aromatic nitrogens is 2. The molecule has 2 aromatic rings. The number of carbonyl (C=O) groups is 1. The number of rotatable bonds is 2. The highest BCUT2D eigenvalue weighted by Gasteiger charge is 2.15. The number of hydrogen-bond acceptors (Lipinski definition) is 6. The summed E-state index contributed by atoms with van der Waals surface area (Å²) in [4.78, 5) is 11.7. The largest absolute Gasteiger partial charge is 0.422 e. The first kappa shape index (κ1) is 9.60. The van der Waals surface area contributed by atoms with E-state index in [0.29, 0.717) is 5.75 Å². The van der Waals surface area contributed by atoms with E-state index in [1.54, 1.807) is 24.3 Å². The van der Waals surface area contributed by atoms with Gasteiger partial charge in [-0.15, -0.1) is 5.10 Å². The van der Waals surface area contributed by atoms with Crippen molar-refractivity contribution in [2.45, 2.75) is 0 Å². The molecule has 15 heavy (non-hydrogen) atoms. The Morgan fingerprint density at radius 1 is 1.33 bits per heavy atom. The molecular weight excluding hydrogens is 214 g/mol. The van der Waals surface area contributed by atoms with E-state index < -0.39 is 5.97 Å². The van der Waals surface area contributed by atoms with Gasteiger partial charge in [-0.05, 0) is 23.7 Å². The summed E-state index contributed by atoms with van der Waals surface area (Å²) in [5.74, 6) is 0.0323. The van der Waals surface area contributed by atoms with Gasteiger partial charge in [-0.25, -0.2) is 4.79 Å². The van der Waals surface area contributed by atoms with Crippen LogP contribution in [-0.2, 0) is 0 Å². The summed E-state index contributed by atoms with van der Waals surface area (Å²) >= 11 is 0.916. The van der Waals surface area contributed by atoms with Crippen molar-refractivity contribution in [3.05, 3.63) is 35.2 Å². The predicted octanol–water partition coefficient (Wildman–Crippen LogP) is 1.34. The van der Waals surface area contributed by atoms with Crippen molar-refractivity contribution in [2.24, 2.45) is 0 Å². The van der Waals surface area contributed by atoms with Crippen LogP contribution in [0.25, 0.3) is 0 Å². The summed E-state index contributed by atoms with van der Waals surface area (Å²) in [7, 11) is 0. The zero-order chi connectivity index (χ0) is 10.7. The Labute approximate surface area is 89.7 Å². The van der Waals surface area contributed by atoms with Crippen LogP contribution in [-0.4, -0.2) is 15.6 Å². The third-order valence-corrected chi connectivity index (χ3v) is 2.37. The summed E-state index contributed by atoms with van der Waals surface area (Å²) < 4.78 is 8.60. The zero-order valence-electron chi connectivity index (χ0n) is 7.58. The molecular formula is C9H7N3O2S. The molecule has 2 rings (SSSR count). The highest BCUT2D eigenvalue weighted by Crippen LogP contribution is 2.16. The fraction of sp³-hybridized carbons (Fsp3) is 0. The van der Waals surface area contributed by atoms with Crippen LogP contribution < -0.4 is 10.5 Å². The number of hydrogen-bond donors (Lipinski definition) is 1. The Morgan fingerprint density at radius 2 is 2.07 bits per heavy atom. The molecule has 0 amide bonds. The molecule has 0 aliphatic rings. The van der Waals surface area contributed by atoms with Crippen molar-refractivity contribution in [3.63, 3.8) is 0 Å². The predicted molar refractivity (Wildman–Crippen MR) is 55.7 cm³/mol. The lowest BCUT2D eigenvalue weighted by atomic mass is 10.3. The van der Waals surface area contributed by atoms with Crippen LogP contribution in [0.3, 0.4) is 0 Å². The molecule has 0 unspecified atom stereocenters. The molecule has 76 valence electrons. The Hall–Kier alpha value is -1.95. The van der Waals surface area contributed by atoms with Crippen molar-refractivity contribution in [3.8, 4) is 5.75 Å². The van der Waals surface area contributed by atoms with Gasteiger partial charge in [0.2, 0.25) is 0 Å². The second-order valence-corrected chi connectivity index (χ2v) is 3.44. The topological polar surface area (TPSA) is 78.1 Å². The highest BCUT2D eigenvalue weighted by atomic mass is 32.1. The Bertz CT molecular complexity index is 469. The third kappa shape index (κ3) is 2.10. The van der Waals surface area contributed by atoms with E-state index in [1.165, 1.54) is 0 Å². The second kappa shape index (κ2) is 4.05. The monoisotopic (exact) mass is 221 g/mol. The van der Waals surface area contributed by atoms with E-state index in [1.807, 2.05) is 6.07 Å². The fourth-order valence-electron chi connectivity index (χ4n) is 0.981. The van der Waals surface area contributed by atoms with Gasteiger partial charge in [0.25, 0.3) is 0 Å². The number of esters is 1. The first-order valence-electron chi connectivity index (χ1n) is 4.12. The molecule has 0 bridgehead atoms. The molecule has 0 saturated heterocycles. The van der Waals surface area contributed by atoms with Gasteiger partial charge >= 0.3 is 5.97 Å². The quantitative estimate of drug-likeness (QED) is 0.611. The number of ether oxygens (including phenoxy) is 1. The molecule has 1 heterocycles. The minimum absolute atomic E-state index is 0.0981. The first-order valence-corrected chi connectivity index (χ1v) is 4.90. The van der Waals surface area contributed by atoms with Crippen LogP contribution in [0.5, 0.6) is 5.75 Å². The van der Waals surface area contributed by atoms with Gasteiger partial charge in [-0.3, -0.25) is 0 Å². The molecule has 0 saturated carbocycles. The number of anilines is 1. The summed E-state index contributed by atoms with van der Waals surface area (Å²) in [5.41, 5.74) is 5.43. The lowest BCUT2D eigenvalue weighted by Crippen LogP contribution is -2.08. The van der Waals surface area contributed by atoms with E-state index >= 15 is 0 Å². The fourth-order valence-corrected chi connectivity index (χ4v) is 1.44. The van der Waals surface area contributed by atoms with Crippen molar-refractivity contribution in [1.29, 1.82) is 0 Å². The SMILES string of the molecule is Nc1nnsc1C(=O)Oc1ccccc1. The van der Waals surface area contributed by atoms with Crippen LogP contribution >= 0.6 is 11.5 Å². The molecule has 5 nitrogen and oxygen atoms in total. The molecule has 0 atom stereocenters. The van der Waals surface area contributed by atoms with Gasteiger partial charge in [0.05, 0.1) is 0 Å². The first-order chi connectivity index (χ1) is 7.27. The van der Waals surface area contributed by atoms with Gasteiger partial charge in [-0.1, -0.05) is 22.7 Å². The van der Waals surface area contributed by atoms with Crippen molar-refractivity contribution >= 4 is 23.3 Å². The average Bonchev–Trinajstić information content (AvgIpc) is 2.66. The number of nitrogens with two attached hydrogens (primary N) is 1. The molecule has 1 aromatic heterocycles. The maximum absolute atomic E-state index is 11.5. The molecule has 0 aliphatic heterocycles. The summed E-state index contributed by atoms with van der Waals surface area (Å²) in [5, 5.41) is 3.52. The molecule has 1 aromatic carbocycles. The maximum atomic E-state index is 11.5. The minimum atomic E-state index is -0.534. The van der Waals surface area contributed by atoms with Crippen LogP contribution in [0.1, 0.15) is 9.67 Å². The lowest BCUT2D eigenvalue weighted by Gasteiger charge is -2.00. The number of nitrogen functional groups attached to an aromatic ring is 1. The standard InChI is InChI=1S/C9H7N3O2S/c10-8-7(15-12-11-8)9(13)14-6-4-2-1-3-5-6/h1-5H,10H2. The van der Waals surface area contributed by atoms with Gasteiger partial charge in [0.1, 0.15) is 5.75 Å². The third-order valence-electron chi connectivity index (χ3n) is 1.65. The lowest BCUT2D eigenvalue weighted by molar-refractivity contribution is 0.0740. The van der Waals surface area contributed by atoms with Crippen LogP contribution in [0, 0.1) is 0 Å². The number of carbonyl (C=O) groups excluding carboxylic acids is 1. The van der Waals surface area contributed by atoms with E-state index in [0.717, 1.165) is 11.5 Å². The summed E-state index contributed by atoms with van der Waals surface area (Å²) in [6, 6.07) is 8.75. The molecule has 6 heteroatoms. The van der Waals surface area contributed by atoms with E-state index in [2.05, 4.69) is 9.59 Å². The molecule has 0 aliphatic carbocycles. The second-order valence-electron chi connectivity index (χ2n) is 2.69. The molecule has 0 radical (unpaired) electrons. The highest BCUT2D eigenvalue weighted by molar-refractivity contribution is 7.08. The number of benzene rings is 1. The van der Waals surface area contributed by atoms with Crippen LogP contribution in [0.4, 0.5) is 5.82 Å². The Morgan fingerprint density at radius 3 is 2.67 bits per heavy atom. The van der Waals surface area contributed by atoms with E-state index in [9.17, 15) is 4.79 Å².